The quantitative estimate of drug-likeness (QED) is 0.624. The van der Waals surface area contributed by atoms with Crippen LogP contribution in [0.3, 0.4) is 0 Å². The Hall–Kier alpha value is -1.44. The topological polar surface area (TPSA) is 15.8 Å². The Morgan fingerprint density at radius 1 is 0.882 bits per heavy atom. The zero-order valence-corrected chi connectivity index (χ0v) is 10.4. The number of halogens is 2. The number of H-pyrrole nitrogens is 1. The Morgan fingerprint density at radius 2 is 1.76 bits per heavy atom. The lowest BCUT2D eigenvalue weighted by Gasteiger charge is -2.06. The molecule has 0 radical (unpaired) electrons. The molecule has 1 nitrogen and oxygen atoms in total. The smallest absolute Gasteiger partial charge is 0.0485 e. The molecule has 3 heteroatoms. The van der Waals surface area contributed by atoms with E-state index >= 15 is 0 Å². The van der Waals surface area contributed by atoms with Crippen molar-refractivity contribution in [1.29, 1.82) is 0 Å². The Labute approximate surface area is 109 Å². The van der Waals surface area contributed by atoms with Gasteiger partial charge in [-0.15, -0.1) is 0 Å². The van der Waals surface area contributed by atoms with Crippen molar-refractivity contribution in [2.75, 3.05) is 0 Å². The molecule has 84 valence electrons. The van der Waals surface area contributed by atoms with Crippen molar-refractivity contribution in [1.82, 2.24) is 4.98 Å². The van der Waals surface area contributed by atoms with Gasteiger partial charge in [-0.05, 0) is 35.9 Å². The van der Waals surface area contributed by atoms with Crippen LogP contribution in [0.25, 0.3) is 22.0 Å². The molecule has 0 aliphatic heterocycles. The molecule has 0 aliphatic carbocycles. The second kappa shape index (κ2) is 4.10. The number of aromatic amines is 1. The first kappa shape index (κ1) is 10.7. The Morgan fingerprint density at radius 3 is 2.65 bits per heavy atom. The van der Waals surface area contributed by atoms with E-state index in [4.69, 9.17) is 23.2 Å². The third-order valence-corrected chi connectivity index (χ3v) is 3.38. The van der Waals surface area contributed by atoms with Gasteiger partial charge in [-0.25, -0.2) is 0 Å². The Kier molecular flexibility index (Phi) is 2.58. The third kappa shape index (κ3) is 1.82. The molecule has 0 fully saturated rings. The molecule has 3 aromatic rings. The summed E-state index contributed by atoms with van der Waals surface area (Å²) in [5.41, 5.74) is 3.15. The predicted molar refractivity (Wildman–Crippen MR) is 73.8 cm³/mol. The van der Waals surface area contributed by atoms with Crippen LogP contribution in [0.5, 0.6) is 0 Å². The molecular formula is C14H9Cl2N. The average molecular weight is 262 g/mol. The highest BCUT2D eigenvalue weighted by atomic mass is 35.5. The molecule has 0 saturated carbocycles. The van der Waals surface area contributed by atoms with Gasteiger partial charge in [-0.1, -0.05) is 35.3 Å². The van der Waals surface area contributed by atoms with E-state index in [-0.39, 0.29) is 0 Å². The number of rotatable bonds is 1. The molecule has 0 spiro atoms. The van der Waals surface area contributed by atoms with Crippen molar-refractivity contribution in [2.45, 2.75) is 0 Å². The lowest BCUT2D eigenvalue weighted by Crippen LogP contribution is -1.81. The van der Waals surface area contributed by atoms with E-state index in [1.165, 1.54) is 0 Å². The van der Waals surface area contributed by atoms with Crippen LogP contribution in [0.1, 0.15) is 0 Å². The molecular weight excluding hydrogens is 253 g/mol. The van der Waals surface area contributed by atoms with E-state index in [9.17, 15) is 0 Å². The van der Waals surface area contributed by atoms with Gasteiger partial charge in [0.05, 0.1) is 0 Å². The van der Waals surface area contributed by atoms with Gasteiger partial charge in [0, 0.05) is 32.7 Å². The first-order chi connectivity index (χ1) is 8.25. The second-order valence-electron chi connectivity index (χ2n) is 3.87. The number of nitrogens with one attached hydrogen (secondary N) is 1. The second-order valence-corrected chi connectivity index (χ2v) is 4.71. The number of hydrogen-bond acceptors (Lipinski definition) is 0. The van der Waals surface area contributed by atoms with Gasteiger partial charge in [-0.3, -0.25) is 0 Å². The summed E-state index contributed by atoms with van der Waals surface area (Å²) in [6.45, 7) is 0. The van der Waals surface area contributed by atoms with Crippen LogP contribution in [0, 0.1) is 0 Å². The van der Waals surface area contributed by atoms with Crippen molar-refractivity contribution in [3.63, 3.8) is 0 Å². The van der Waals surface area contributed by atoms with Gasteiger partial charge in [-0.2, -0.15) is 0 Å². The summed E-state index contributed by atoms with van der Waals surface area (Å²) < 4.78 is 0. The maximum Gasteiger partial charge on any atom is 0.0485 e. The summed E-state index contributed by atoms with van der Waals surface area (Å²) in [5, 5.41) is 2.55. The van der Waals surface area contributed by atoms with Crippen LogP contribution in [0.4, 0.5) is 0 Å². The van der Waals surface area contributed by atoms with E-state index in [1.54, 1.807) is 6.07 Å². The average Bonchev–Trinajstić information content (AvgIpc) is 2.80. The highest BCUT2D eigenvalue weighted by molar-refractivity contribution is 6.35. The minimum atomic E-state index is 0.692. The normalized spacial score (nSPS) is 10.9. The van der Waals surface area contributed by atoms with Crippen LogP contribution in [-0.2, 0) is 0 Å². The highest BCUT2D eigenvalue weighted by Crippen LogP contribution is 2.34. The molecule has 0 atom stereocenters. The number of fused-ring (bicyclic) bond motifs is 1. The summed E-state index contributed by atoms with van der Waals surface area (Å²) in [5.74, 6) is 0. The highest BCUT2D eigenvalue weighted by Gasteiger charge is 2.08. The van der Waals surface area contributed by atoms with E-state index in [2.05, 4.69) is 4.98 Å². The van der Waals surface area contributed by atoms with Gasteiger partial charge < -0.3 is 4.98 Å². The molecule has 3 rings (SSSR count). The minimum Gasteiger partial charge on any atom is -0.361 e. The fraction of sp³-hybridized carbons (Fsp3) is 0. The number of aromatic nitrogens is 1. The van der Waals surface area contributed by atoms with Crippen LogP contribution in [-0.4, -0.2) is 4.98 Å². The van der Waals surface area contributed by atoms with Gasteiger partial charge in [0.2, 0.25) is 0 Å². The van der Waals surface area contributed by atoms with Gasteiger partial charge in [0.1, 0.15) is 0 Å². The van der Waals surface area contributed by atoms with Crippen LogP contribution in [0.15, 0.2) is 48.7 Å². The van der Waals surface area contributed by atoms with Crippen molar-refractivity contribution in [3.8, 4) is 11.1 Å². The fourth-order valence-electron chi connectivity index (χ4n) is 2.02. The zero-order valence-electron chi connectivity index (χ0n) is 8.87. The first-order valence-corrected chi connectivity index (χ1v) is 6.03. The monoisotopic (exact) mass is 261 g/mol. The minimum absolute atomic E-state index is 0.692. The van der Waals surface area contributed by atoms with Gasteiger partial charge >= 0.3 is 0 Å². The molecule has 17 heavy (non-hydrogen) atoms. The first-order valence-electron chi connectivity index (χ1n) is 5.27. The largest absolute Gasteiger partial charge is 0.361 e. The van der Waals surface area contributed by atoms with Crippen LogP contribution in [0.2, 0.25) is 10.0 Å². The summed E-state index contributed by atoms with van der Waals surface area (Å²) >= 11 is 12.3. The summed E-state index contributed by atoms with van der Waals surface area (Å²) in [6, 6.07) is 13.7. The van der Waals surface area contributed by atoms with E-state index in [0.29, 0.717) is 10.0 Å². The Bertz CT molecular complexity index is 686. The summed E-state index contributed by atoms with van der Waals surface area (Å²) in [6.07, 6.45) is 1.92. The molecule has 2 aromatic carbocycles. The van der Waals surface area contributed by atoms with Crippen molar-refractivity contribution >= 4 is 34.1 Å². The number of benzene rings is 2. The lowest BCUT2D eigenvalue weighted by atomic mass is 10.0. The van der Waals surface area contributed by atoms with E-state index in [0.717, 1.165) is 22.0 Å². The summed E-state index contributed by atoms with van der Waals surface area (Å²) in [4.78, 5) is 3.19. The molecule has 0 bridgehead atoms. The Balaban J connectivity index is 2.34. The van der Waals surface area contributed by atoms with Crippen LogP contribution < -0.4 is 0 Å². The molecule has 1 heterocycles. The molecule has 0 aliphatic rings. The standard InChI is InChI=1S/C14H9Cl2N/c15-9-4-5-13(16)12(8-9)10-2-1-3-14-11(10)6-7-17-14/h1-8,17H. The number of hydrogen-bond donors (Lipinski definition) is 1. The van der Waals surface area contributed by atoms with Gasteiger partial charge in [0.15, 0.2) is 0 Å². The predicted octanol–water partition coefficient (Wildman–Crippen LogP) is 5.14. The molecule has 0 amide bonds. The van der Waals surface area contributed by atoms with Crippen molar-refractivity contribution in [3.05, 3.63) is 58.7 Å². The summed E-state index contributed by atoms with van der Waals surface area (Å²) in [7, 11) is 0. The zero-order chi connectivity index (χ0) is 11.8. The molecule has 0 saturated heterocycles. The van der Waals surface area contributed by atoms with Gasteiger partial charge in [0.25, 0.3) is 0 Å². The fourth-order valence-corrected chi connectivity index (χ4v) is 2.42. The molecule has 0 unspecified atom stereocenters. The van der Waals surface area contributed by atoms with E-state index in [1.807, 2.05) is 42.6 Å². The SMILES string of the molecule is Clc1ccc(Cl)c(-c2cccc3[nH]ccc23)c1. The van der Waals surface area contributed by atoms with Crippen molar-refractivity contribution in [2.24, 2.45) is 0 Å². The molecule has 1 aromatic heterocycles. The maximum atomic E-state index is 6.23. The maximum absolute atomic E-state index is 6.23. The third-order valence-electron chi connectivity index (χ3n) is 2.81. The van der Waals surface area contributed by atoms with Crippen molar-refractivity contribution < 1.29 is 0 Å². The van der Waals surface area contributed by atoms with Crippen LogP contribution >= 0.6 is 23.2 Å². The lowest BCUT2D eigenvalue weighted by molar-refractivity contribution is 1.48. The van der Waals surface area contributed by atoms with E-state index < -0.39 is 0 Å². The molecule has 1 N–H and O–H groups in total.